The van der Waals surface area contributed by atoms with Crippen molar-refractivity contribution in [2.45, 2.75) is 34.1 Å². The van der Waals surface area contributed by atoms with Crippen molar-refractivity contribution in [3.8, 4) is 17.2 Å². The lowest BCUT2D eigenvalue weighted by atomic mass is 10.1. The van der Waals surface area contributed by atoms with E-state index in [0.717, 1.165) is 22.6 Å². The van der Waals surface area contributed by atoms with E-state index in [1.165, 1.54) is 0 Å². The van der Waals surface area contributed by atoms with Gasteiger partial charge in [0, 0.05) is 6.54 Å². The number of thiocarbonyl (C=S) groups is 1. The van der Waals surface area contributed by atoms with E-state index in [1.807, 2.05) is 56.3 Å². The third kappa shape index (κ3) is 6.71. The molecule has 6 nitrogen and oxygen atoms in total. The highest BCUT2D eigenvalue weighted by Gasteiger charge is 2.30. The number of benzene rings is 2. The van der Waals surface area contributed by atoms with Crippen molar-refractivity contribution in [3.05, 3.63) is 59.3 Å². The summed E-state index contributed by atoms with van der Waals surface area (Å²) in [4.78, 5) is 14.6. The van der Waals surface area contributed by atoms with E-state index in [-0.39, 0.29) is 5.91 Å². The van der Waals surface area contributed by atoms with Gasteiger partial charge < -0.3 is 19.5 Å². The van der Waals surface area contributed by atoms with Gasteiger partial charge in [-0.3, -0.25) is 9.69 Å². The third-order valence-electron chi connectivity index (χ3n) is 4.95. The van der Waals surface area contributed by atoms with Gasteiger partial charge in [-0.05, 0) is 79.9 Å². The van der Waals surface area contributed by atoms with Crippen LogP contribution in [0.25, 0.3) is 6.08 Å². The molecular weight excluding hydrogens is 436 g/mol. The van der Waals surface area contributed by atoms with Gasteiger partial charge in [-0.2, -0.15) is 0 Å². The van der Waals surface area contributed by atoms with Gasteiger partial charge in [0.25, 0.3) is 5.91 Å². The minimum Gasteiger partial charge on any atom is -0.493 e. The Morgan fingerprint density at radius 3 is 2.52 bits per heavy atom. The molecule has 7 heteroatoms. The smallest absolute Gasteiger partial charge is 0.276 e. The molecule has 0 bridgehead atoms. The molecule has 176 valence electrons. The number of hydrogen-bond donors (Lipinski definition) is 1. The highest BCUT2D eigenvalue weighted by atomic mass is 32.1. The van der Waals surface area contributed by atoms with Crippen molar-refractivity contribution in [2.24, 2.45) is 5.92 Å². The van der Waals surface area contributed by atoms with Crippen LogP contribution in [0.4, 0.5) is 0 Å². The fraction of sp³-hybridized carbons (Fsp3) is 0.385. The van der Waals surface area contributed by atoms with Crippen LogP contribution in [-0.2, 0) is 11.2 Å². The predicted molar refractivity (Wildman–Crippen MR) is 135 cm³/mol. The standard InChI is InChI=1S/C26H32N2O4S/c1-5-30-23-11-10-19(16-24(23)31-6-2)12-13-28-25(29)22(27-26(28)33)15-20-8-7-9-21(14-20)32-17-18(3)4/h7-11,14-16,18H,5-6,12-13,17H2,1-4H3,(H,27,33)/b22-15+. The molecule has 2 aromatic carbocycles. The van der Waals surface area contributed by atoms with Gasteiger partial charge in [-0.15, -0.1) is 0 Å². The van der Waals surface area contributed by atoms with Crippen LogP contribution in [0, 0.1) is 5.92 Å². The van der Waals surface area contributed by atoms with Gasteiger partial charge in [-0.25, -0.2) is 0 Å². The molecule has 0 radical (unpaired) electrons. The molecule has 1 heterocycles. The summed E-state index contributed by atoms with van der Waals surface area (Å²) < 4.78 is 17.1. The Kier molecular flexibility index (Phi) is 8.72. The highest BCUT2D eigenvalue weighted by molar-refractivity contribution is 7.80. The van der Waals surface area contributed by atoms with Crippen LogP contribution in [-0.4, -0.2) is 42.3 Å². The molecule has 2 aromatic rings. The first-order chi connectivity index (χ1) is 15.9. The molecule has 0 spiro atoms. The maximum Gasteiger partial charge on any atom is 0.276 e. The van der Waals surface area contributed by atoms with Crippen LogP contribution in [0.2, 0.25) is 0 Å². The number of carbonyl (C=O) groups excluding carboxylic acids is 1. The van der Waals surface area contributed by atoms with Crippen LogP contribution in [0.3, 0.4) is 0 Å². The second kappa shape index (κ2) is 11.7. The van der Waals surface area contributed by atoms with Crippen molar-refractivity contribution in [1.29, 1.82) is 0 Å². The Morgan fingerprint density at radius 1 is 1.03 bits per heavy atom. The Bertz CT molecular complexity index is 1020. The summed E-state index contributed by atoms with van der Waals surface area (Å²) in [5, 5.41) is 3.46. The van der Waals surface area contributed by atoms with Crippen molar-refractivity contribution < 1.29 is 19.0 Å². The minimum atomic E-state index is -0.135. The van der Waals surface area contributed by atoms with Gasteiger partial charge in [-0.1, -0.05) is 32.0 Å². The molecule has 1 aliphatic rings. The van der Waals surface area contributed by atoms with Crippen molar-refractivity contribution in [1.82, 2.24) is 10.2 Å². The summed E-state index contributed by atoms with van der Waals surface area (Å²) in [5.74, 6) is 2.52. The maximum atomic E-state index is 13.0. The monoisotopic (exact) mass is 468 g/mol. The van der Waals surface area contributed by atoms with E-state index < -0.39 is 0 Å². The summed E-state index contributed by atoms with van der Waals surface area (Å²) in [6.07, 6.45) is 2.45. The average Bonchev–Trinajstić information content (AvgIpc) is 3.05. The number of ether oxygens (including phenoxy) is 3. The summed E-state index contributed by atoms with van der Waals surface area (Å²) in [5.41, 5.74) is 2.39. The first kappa shape index (κ1) is 24.6. The number of hydrogen-bond acceptors (Lipinski definition) is 5. The number of rotatable bonds is 11. The van der Waals surface area contributed by atoms with Crippen LogP contribution < -0.4 is 19.5 Å². The molecule has 0 atom stereocenters. The quantitative estimate of drug-likeness (QED) is 0.377. The highest BCUT2D eigenvalue weighted by Crippen LogP contribution is 2.29. The van der Waals surface area contributed by atoms with Gasteiger partial charge in [0.05, 0.1) is 19.8 Å². The Balaban J connectivity index is 1.67. The summed E-state index contributed by atoms with van der Waals surface area (Å²) in [7, 11) is 0. The largest absolute Gasteiger partial charge is 0.493 e. The summed E-state index contributed by atoms with van der Waals surface area (Å²) in [6.45, 7) is 10.3. The number of nitrogens with zero attached hydrogens (tertiary/aromatic N) is 1. The molecule has 1 aliphatic heterocycles. The molecule has 1 amide bonds. The van der Waals surface area contributed by atoms with Gasteiger partial charge in [0.2, 0.25) is 0 Å². The minimum absolute atomic E-state index is 0.135. The molecular formula is C26H32N2O4S. The fourth-order valence-electron chi connectivity index (χ4n) is 3.39. The van der Waals surface area contributed by atoms with E-state index in [2.05, 4.69) is 19.2 Å². The van der Waals surface area contributed by atoms with Crippen LogP contribution in [0.1, 0.15) is 38.8 Å². The lowest BCUT2D eigenvalue weighted by Crippen LogP contribution is -2.32. The normalized spacial score (nSPS) is 14.7. The van der Waals surface area contributed by atoms with E-state index in [9.17, 15) is 4.79 Å². The molecule has 0 aromatic heterocycles. The Labute approximate surface area is 201 Å². The molecule has 0 saturated carbocycles. The second-order valence-electron chi connectivity index (χ2n) is 8.12. The third-order valence-corrected chi connectivity index (χ3v) is 5.27. The van der Waals surface area contributed by atoms with E-state index in [0.29, 0.717) is 55.3 Å². The fourth-order valence-corrected chi connectivity index (χ4v) is 3.67. The van der Waals surface area contributed by atoms with Crippen LogP contribution in [0.15, 0.2) is 48.2 Å². The summed E-state index contributed by atoms with van der Waals surface area (Å²) >= 11 is 5.43. The predicted octanol–water partition coefficient (Wildman–Crippen LogP) is 4.82. The lowest BCUT2D eigenvalue weighted by Gasteiger charge is -2.15. The van der Waals surface area contributed by atoms with E-state index in [4.69, 9.17) is 26.4 Å². The number of carbonyl (C=O) groups is 1. The van der Waals surface area contributed by atoms with E-state index in [1.54, 1.807) is 11.0 Å². The van der Waals surface area contributed by atoms with Crippen molar-refractivity contribution >= 4 is 29.3 Å². The Hall–Kier alpha value is -3.06. The molecule has 0 unspecified atom stereocenters. The van der Waals surface area contributed by atoms with Gasteiger partial charge in [0.15, 0.2) is 16.6 Å². The zero-order valence-electron chi connectivity index (χ0n) is 19.7. The van der Waals surface area contributed by atoms with Gasteiger partial charge in [0.1, 0.15) is 11.4 Å². The van der Waals surface area contributed by atoms with Gasteiger partial charge >= 0.3 is 0 Å². The maximum absolute atomic E-state index is 13.0. The average molecular weight is 469 g/mol. The number of nitrogens with one attached hydrogen (secondary N) is 1. The topological polar surface area (TPSA) is 60.0 Å². The van der Waals surface area contributed by atoms with Crippen molar-refractivity contribution in [3.63, 3.8) is 0 Å². The van der Waals surface area contributed by atoms with Crippen molar-refractivity contribution in [2.75, 3.05) is 26.4 Å². The second-order valence-corrected chi connectivity index (χ2v) is 8.51. The molecule has 1 fully saturated rings. The molecule has 1 N–H and O–H groups in total. The zero-order chi connectivity index (χ0) is 23.8. The Morgan fingerprint density at radius 2 is 1.79 bits per heavy atom. The summed E-state index contributed by atoms with van der Waals surface area (Å²) in [6, 6.07) is 13.6. The van der Waals surface area contributed by atoms with Crippen LogP contribution >= 0.6 is 12.2 Å². The first-order valence-corrected chi connectivity index (χ1v) is 11.8. The lowest BCUT2D eigenvalue weighted by molar-refractivity contribution is -0.122. The zero-order valence-corrected chi connectivity index (χ0v) is 20.5. The molecule has 1 saturated heterocycles. The van der Waals surface area contributed by atoms with Crippen LogP contribution in [0.5, 0.6) is 17.2 Å². The molecule has 33 heavy (non-hydrogen) atoms. The SMILES string of the molecule is CCOc1ccc(CCN2C(=O)/C(=C\c3cccc(OCC(C)C)c3)NC2=S)cc1OCC. The number of amides is 1. The van der Waals surface area contributed by atoms with E-state index >= 15 is 0 Å². The first-order valence-electron chi connectivity index (χ1n) is 11.4. The molecule has 0 aliphatic carbocycles. The molecule has 3 rings (SSSR count).